The molecule has 0 fully saturated rings. The lowest BCUT2D eigenvalue weighted by molar-refractivity contribution is 0.742. The van der Waals surface area contributed by atoms with Crippen LogP contribution in [0, 0.1) is 0 Å². The van der Waals surface area contributed by atoms with Gasteiger partial charge in [-0.05, 0) is 12.8 Å². The fourth-order valence-corrected chi connectivity index (χ4v) is 1.91. The minimum absolute atomic E-state index is 1.13. The maximum atomic E-state index is 4.30. The molecule has 3 heteroatoms. The molecule has 0 aliphatic carbocycles. The Kier molecular flexibility index (Phi) is 4.08. The van der Waals surface area contributed by atoms with E-state index in [4.69, 9.17) is 0 Å². The van der Waals surface area contributed by atoms with Gasteiger partial charge >= 0.3 is 0 Å². The second kappa shape index (κ2) is 5.14. The molecule has 0 saturated carbocycles. The van der Waals surface area contributed by atoms with E-state index in [9.17, 15) is 0 Å². The average molecular weight is 184 g/mol. The number of aromatic nitrogens is 1. The van der Waals surface area contributed by atoms with Gasteiger partial charge in [-0.1, -0.05) is 13.8 Å². The first-order chi connectivity index (χ1) is 5.88. The summed E-state index contributed by atoms with van der Waals surface area (Å²) in [5.41, 5.74) is 0. The predicted octanol–water partition coefficient (Wildman–Crippen LogP) is 2.77. The lowest BCUT2D eigenvalue weighted by atomic mass is 10.4. The van der Waals surface area contributed by atoms with Crippen LogP contribution in [0.1, 0.15) is 26.7 Å². The minimum atomic E-state index is 1.13. The van der Waals surface area contributed by atoms with Gasteiger partial charge in [0.05, 0.1) is 0 Å². The summed E-state index contributed by atoms with van der Waals surface area (Å²) in [6, 6.07) is 0. The van der Waals surface area contributed by atoms with Gasteiger partial charge in [0, 0.05) is 24.7 Å². The van der Waals surface area contributed by atoms with Gasteiger partial charge in [-0.25, -0.2) is 4.98 Å². The Morgan fingerprint density at radius 2 is 2.00 bits per heavy atom. The average Bonchev–Trinajstić information content (AvgIpc) is 2.56. The largest absolute Gasteiger partial charge is 0.348 e. The van der Waals surface area contributed by atoms with Crippen LogP contribution in [0.2, 0.25) is 0 Å². The highest BCUT2D eigenvalue weighted by atomic mass is 32.1. The highest BCUT2D eigenvalue weighted by molar-refractivity contribution is 7.13. The van der Waals surface area contributed by atoms with E-state index < -0.39 is 0 Å². The normalized spacial score (nSPS) is 10.2. The van der Waals surface area contributed by atoms with E-state index in [1.165, 1.54) is 18.0 Å². The Balaban J connectivity index is 2.53. The second-order valence-corrected chi connectivity index (χ2v) is 3.67. The van der Waals surface area contributed by atoms with Crippen molar-refractivity contribution < 1.29 is 0 Å². The number of anilines is 1. The Hall–Kier alpha value is -0.570. The molecule has 1 aromatic rings. The zero-order chi connectivity index (χ0) is 8.81. The number of rotatable bonds is 5. The first-order valence-electron chi connectivity index (χ1n) is 4.53. The summed E-state index contributed by atoms with van der Waals surface area (Å²) < 4.78 is 0. The summed E-state index contributed by atoms with van der Waals surface area (Å²) in [5, 5.41) is 3.20. The molecule has 0 unspecified atom stereocenters. The van der Waals surface area contributed by atoms with Gasteiger partial charge in [0.1, 0.15) is 0 Å². The molecular formula is C9H16N2S. The third-order valence-corrected chi connectivity index (χ3v) is 2.51. The third kappa shape index (κ3) is 2.48. The van der Waals surface area contributed by atoms with Gasteiger partial charge in [-0.3, -0.25) is 0 Å². The molecular weight excluding hydrogens is 168 g/mol. The molecule has 1 aromatic heterocycles. The van der Waals surface area contributed by atoms with Gasteiger partial charge in [0.15, 0.2) is 5.13 Å². The summed E-state index contributed by atoms with van der Waals surface area (Å²) in [6.07, 6.45) is 4.26. The molecule has 1 rings (SSSR count). The van der Waals surface area contributed by atoms with Crippen LogP contribution in [0.4, 0.5) is 5.13 Å². The maximum absolute atomic E-state index is 4.30. The molecule has 0 saturated heterocycles. The molecule has 1 heterocycles. The Morgan fingerprint density at radius 3 is 2.42 bits per heavy atom. The van der Waals surface area contributed by atoms with Crippen LogP contribution in [-0.2, 0) is 0 Å². The van der Waals surface area contributed by atoms with E-state index in [1.54, 1.807) is 11.3 Å². The number of hydrogen-bond donors (Lipinski definition) is 0. The van der Waals surface area contributed by atoms with Crippen molar-refractivity contribution in [3.8, 4) is 0 Å². The lowest BCUT2D eigenvalue weighted by Gasteiger charge is -2.19. The molecule has 0 bridgehead atoms. The Morgan fingerprint density at radius 1 is 1.33 bits per heavy atom. The molecule has 68 valence electrons. The van der Waals surface area contributed by atoms with Gasteiger partial charge in [0.2, 0.25) is 0 Å². The van der Waals surface area contributed by atoms with Crippen molar-refractivity contribution >= 4 is 16.5 Å². The van der Waals surface area contributed by atoms with Crippen molar-refractivity contribution in [1.82, 2.24) is 4.98 Å². The molecule has 0 aromatic carbocycles. The molecule has 12 heavy (non-hydrogen) atoms. The van der Waals surface area contributed by atoms with Crippen LogP contribution < -0.4 is 4.90 Å². The van der Waals surface area contributed by atoms with Crippen LogP contribution in [0.3, 0.4) is 0 Å². The van der Waals surface area contributed by atoms with Crippen molar-refractivity contribution in [2.45, 2.75) is 26.7 Å². The summed E-state index contributed by atoms with van der Waals surface area (Å²) in [7, 11) is 0. The van der Waals surface area contributed by atoms with Crippen LogP contribution in [-0.4, -0.2) is 18.1 Å². The van der Waals surface area contributed by atoms with Crippen LogP contribution in [0.25, 0.3) is 0 Å². The molecule has 0 atom stereocenters. The molecule has 0 spiro atoms. The smallest absolute Gasteiger partial charge is 0.185 e. The summed E-state index contributed by atoms with van der Waals surface area (Å²) in [6.45, 7) is 6.66. The van der Waals surface area contributed by atoms with Crippen molar-refractivity contribution in [3.05, 3.63) is 11.6 Å². The number of nitrogens with zero attached hydrogens (tertiary/aromatic N) is 2. The fraction of sp³-hybridized carbons (Fsp3) is 0.667. The zero-order valence-corrected chi connectivity index (χ0v) is 8.60. The molecule has 0 N–H and O–H groups in total. The van der Waals surface area contributed by atoms with Crippen molar-refractivity contribution in [2.24, 2.45) is 0 Å². The lowest BCUT2D eigenvalue weighted by Crippen LogP contribution is -2.24. The molecule has 0 amide bonds. The van der Waals surface area contributed by atoms with E-state index in [0.29, 0.717) is 0 Å². The van der Waals surface area contributed by atoms with Crippen LogP contribution in [0.5, 0.6) is 0 Å². The van der Waals surface area contributed by atoms with E-state index in [1.807, 2.05) is 11.6 Å². The fourth-order valence-electron chi connectivity index (χ4n) is 1.22. The van der Waals surface area contributed by atoms with E-state index in [2.05, 4.69) is 23.7 Å². The third-order valence-electron chi connectivity index (χ3n) is 1.68. The second-order valence-electron chi connectivity index (χ2n) is 2.80. The van der Waals surface area contributed by atoms with E-state index in [0.717, 1.165) is 13.1 Å². The summed E-state index contributed by atoms with van der Waals surface area (Å²) in [4.78, 5) is 6.65. The summed E-state index contributed by atoms with van der Waals surface area (Å²) in [5.74, 6) is 0. The zero-order valence-electron chi connectivity index (χ0n) is 7.79. The highest BCUT2D eigenvalue weighted by Gasteiger charge is 2.05. The molecule has 0 aliphatic rings. The molecule has 0 aliphatic heterocycles. The standard InChI is InChI=1S/C9H16N2S/c1-3-6-11(7-4-2)9-10-5-8-12-9/h5,8H,3-4,6-7H2,1-2H3. The van der Waals surface area contributed by atoms with Gasteiger partial charge in [-0.15, -0.1) is 11.3 Å². The van der Waals surface area contributed by atoms with Gasteiger partial charge in [-0.2, -0.15) is 0 Å². The first-order valence-corrected chi connectivity index (χ1v) is 5.40. The van der Waals surface area contributed by atoms with Crippen LogP contribution in [0.15, 0.2) is 11.6 Å². The van der Waals surface area contributed by atoms with Crippen molar-refractivity contribution in [1.29, 1.82) is 0 Å². The number of thiazole rings is 1. The van der Waals surface area contributed by atoms with Crippen molar-refractivity contribution in [3.63, 3.8) is 0 Å². The number of hydrogen-bond acceptors (Lipinski definition) is 3. The highest BCUT2D eigenvalue weighted by Crippen LogP contribution is 2.17. The SMILES string of the molecule is CCCN(CCC)c1nccs1. The van der Waals surface area contributed by atoms with Crippen molar-refractivity contribution in [2.75, 3.05) is 18.0 Å². The Labute approximate surface area is 78.2 Å². The van der Waals surface area contributed by atoms with Crippen LogP contribution >= 0.6 is 11.3 Å². The summed E-state index contributed by atoms with van der Waals surface area (Å²) >= 11 is 1.73. The monoisotopic (exact) mass is 184 g/mol. The van der Waals surface area contributed by atoms with Gasteiger partial charge in [0.25, 0.3) is 0 Å². The maximum Gasteiger partial charge on any atom is 0.185 e. The molecule has 0 radical (unpaired) electrons. The van der Waals surface area contributed by atoms with E-state index >= 15 is 0 Å². The Bertz CT molecular complexity index is 190. The molecule has 2 nitrogen and oxygen atoms in total. The first kappa shape index (κ1) is 9.52. The van der Waals surface area contributed by atoms with Gasteiger partial charge < -0.3 is 4.90 Å². The predicted molar refractivity (Wildman–Crippen MR) is 54.9 cm³/mol. The van der Waals surface area contributed by atoms with E-state index in [-0.39, 0.29) is 0 Å². The topological polar surface area (TPSA) is 16.1 Å². The minimum Gasteiger partial charge on any atom is -0.348 e. The quantitative estimate of drug-likeness (QED) is 0.699.